The molecule has 140 valence electrons. The van der Waals surface area contributed by atoms with Gasteiger partial charge in [-0.3, -0.25) is 10.1 Å². The van der Waals surface area contributed by atoms with Crippen LogP contribution in [0.2, 0.25) is 0 Å². The third kappa shape index (κ3) is 4.00. The van der Waals surface area contributed by atoms with Crippen LogP contribution in [0.25, 0.3) is 22.9 Å². The number of nitro benzene ring substituents is 1. The fraction of sp³-hybridized carbons (Fsp3) is 0.182. The zero-order valence-corrected chi connectivity index (χ0v) is 16.7. The molecule has 3 rings (SSSR count). The summed E-state index contributed by atoms with van der Waals surface area (Å²) in [4.78, 5) is 16.4. The molecule has 2 aromatic carbocycles. The number of rotatable bonds is 5. The molecule has 3 aromatic rings. The maximum absolute atomic E-state index is 11.0. The summed E-state index contributed by atoms with van der Waals surface area (Å²) in [7, 11) is 0. The Bertz CT molecular complexity index is 1120. The van der Waals surface area contributed by atoms with Gasteiger partial charge in [0, 0.05) is 22.6 Å². The van der Waals surface area contributed by atoms with Crippen molar-refractivity contribution >= 4 is 28.7 Å². The molecule has 28 heavy (non-hydrogen) atoms. The summed E-state index contributed by atoms with van der Waals surface area (Å²) < 4.78 is 0. The van der Waals surface area contributed by atoms with Gasteiger partial charge in [0.1, 0.15) is 11.1 Å². The first-order valence-corrected chi connectivity index (χ1v) is 9.68. The molecule has 1 heterocycles. The average molecular weight is 389 g/mol. The molecule has 0 amide bonds. The molecule has 0 saturated heterocycles. The van der Waals surface area contributed by atoms with E-state index in [-0.39, 0.29) is 5.69 Å². The predicted octanol–water partition coefficient (Wildman–Crippen LogP) is 5.96. The third-order valence-corrected chi connectivity index (χ3v) is 5.64. The third-order valence-electron chi connectivity index (χ3n) is 4.41. The monoisotopic (exact) mass is 389 g/mol. The van der Waals surface area contributed by atoms with Gasteiger partial charge in [-0.05, 0) is 43.5 Å². The summed E-state index contributed by atoms with van der Waals surface area (Å²) >= 11 is 1.50. The fourth-order valence-electron chi connectivity index (χ4n) is 2.94. The van der Waals surface area contributed by atoms with Crippen LogP contribution in [0.3, 0.4) is 0 Å². The number of allylic oxidation sites excluding steroid dienone is 1. The van der Waals surface area contributed by atoms with Crippen molar-refractivity contribution in [1.82, 2.24) is 4.98 Å². The summed E-state index contributed by atoms with van der Waals surface area (Å²) in [5, 5.41) is 21.3. The van der Waals surface area contributed by atoms with Gasteiger partial charge in [0.25, 0.3) is 5.69 Å². The van der Waals surface area contributed by atoms with Crippen molar-refractivity contribution in [3.8, 4) is 17.3 Å². The molecule has 5 nitrogen and oxygen atoms in total. The van der Waals surface area contributed by atoms with Gasteiger partial charge in [0.2, 0.25) is 0 Å². The minimum atomic E-state index is -0.444. The molecule has 0 saturated carbocycles. The summed E-state index contributed by atoms with van der Waals surface area (Å²) in [6.45, 7) is 6.17. The second kappa shape index (κ2) is 8.15. The van der Waals surface area contributed by atoms with Gasteiger partial charge in [0.15, 0.2) is 0 Å². The van der Waals surface area contributed by atoms with Crippen molar-refractivity contribution in [2.75, 3.05) is 0 Å². The second-order valence-electron chi connectivity index (χ2n) is 6.48. The Labute approximate surface area is 167 Å². The molecule has 0 fully saturated rings. The Balaban J connectivity index is 2.09. The van der Waals surface area contributed by atoms with E-state index in [0.29, 0.717) is 16.1 Å². The first-order valence-electron chi connectivity index (χ1n) is 8.87. The molecule has 0 aliphatic heterocycles. The SMILES string of the molecule is CCc1sc(/C(C#N)=C/c2cccc([N+](=O)[O-])c2)nc1-c1cc(C)ccc1C. The van der Waals surface area contributed by atoms with Gasteiger partial charge in [-0.15, -0.1) is 11.3 Å². The lowest BCUT2D eigenvalue weighted by Gasteiger charge is -2.06. The minimum absolute atomic E-state index is 0.00417. The Morgan fingerprint density at radius 2 is 2.07 bits per heavy atom. The Hall–Kier alpha value is -3.30. The molecule has 0 unspecified atom stereocenters. The number of nitriles is 1. The Kier molecular flexibility index (Phi) is 5.67. The lowest BCUT2D eigenvalue weighted by Crippen LogP contribution is -1.90. The summed E-state index contributed by atoms with van der Waals surface area (Å²) in [6, 6.07) is 14.7. The quantitative estimate of drug-likeness (QED) is 0.306. The van der Waals surface area contributed by atoms with Crippen LogP contribution < -0.4 is 0 Å². The van der Waals surface area contributed by atoms with Crippen molar-refractivity contribution < 1.29 is 4.92 Å². The van der Waals surface area contributed by atoms with Gasteiger partial charge in [-0.25, -0.2) is 4.98 Å². The van der Waals surface area contributed by atoms with Crippen LogP contribution in [0, 0.1) is 35.3 Å². The topological polar surface area (TPSA) is 79.8 Å². The summed E-state index contributed by atoms with van der Waals surface area (Å²) in [5.74, 6) is 0. The van der Waals surface area contributed by atoms with Crippen molar-refractivity contribution in [2.24, 2.45) is 0 Å². The molecular formula is C22H19N3O2S. The van der Waals surface area contributed by atoms with E-state index in [1.54, 1.807) is 18.2 Å². The van der Waals surface area contributed by atoms with Gasteiger partial charge in [-0.1, -0.05) is 36.8 Å². The van der Waals surface area contributed by atoms with Crippen LogP contribution in [0.15, 0.2) is 42.5 Å². The fourth-order valence-corrected chi connectivity index (χ4v) is 3.93. The average Bonchev–Trinajstić information content (AvgIpc) is 3.12. The minimum Gasteiger partial charge on any atom is -0.258 e. The smallest absolute Gasteiger partial charge is 0.258 e. The summed E-state index contributed by atoms with van der Waals surface area (Å²) in [5.41, 5.74) is 5.28. The van der Waals surface area contributed by atoms with Gasteiger partial charge in [-0.2, -0.15) is 5.26 Å². The normalized spacial score (nSPS) is 11.3. The first kappa shape index (κ1) is 19.5. The first-order chi connectivity index (χ1) is 13.4. The zero-order chi connectivity index (χ0) is 20.3. The van der Waals surface area contributed by atoms with E-state index in [1.807, 2.05) is 6.92 Å². The van der Waals surface area contributed by atoms with E-state index in [9.17, 15) is 15.4 Å². The number of aromatic nitrogens is 1. The molecule has 0 atom stereocenters. The summed E-state index contributed by atoms with van der Waals surface area (Å²) in [6.07, 6.45) is 2.47. The van der Waals surface area contributed by atoms with E-state index in [4.69, 9.17) is 4.98 Å². The van der Waals surface area contributed by atoms with E-state index in [2.05, 4.69) is 38.1 Å². The number of hydrogen-bond acceptors (Lipinski definition) is 5. The van der Waals surface area contributed by atoms with Crippen LogP contribution in [-0.2, 0) is 6.42 Å². The number of hydrogen-bond donors (Lipinski definition) is 0. The van der Waals surface area contributed by atoms with E-state index >= 15 is 0 Å². The Morgan fingerprint density at radius 1 is 1.29 bits per heavy atom. The van der Waals surface area contributed by atoms with Gasteiger partial charge < -0.3 is 0 Å². The number of nitrogens with zero attached hydrogens (tertiary/aromatic N) is 3. The molecule has 0 aliphatic rings. The molecule has 0 bridgehead atoms. The highest BCUT2D eigenvalue weighted by Crippen LogP contribution is 2.34. The van der Waals surface area contributed by atoms with E-state index < -0.39 is 4.92 Å². The van der Waals surface area contributed by atoms with Crippen LogP contribution >= 0.6 is 11.3 Å². The number of thiazole rings is 1. The van der Waals surface area contributed by atoms with Gasteiger partial charge in [0.05, 0.1) is 16.2 Å². The highest BCUT2D eigenvalue weighted by molar-refractivity contribution is 7.13. The van der Waals surface area contributed by atoms with E-state index in [1.165, 1.54) is 23.5 Å². The van der Waals surface area contributed by atoms with Crippen molar-refractivity contribution in [3.05, 3.63) is 79.2 Å². The number of benzene rings is 2. The molecule has 0 radical (unpaired) electrons. The Morgan fingerprint density at radius 3 is 2.75 bits per heavy atom. The van der Waals surface area contributed by atoms with Crippen LogP contribution in [0.4, 0.5) is 5.69 Å². The van der Waals surface area contributed by atoms with Gasteiger partial charge >= 0.3 is 0 Å². The molecule has 1 aromatic heterocycles. The molecule has 0 aliphatic carbocycles. The lowest BCUT2D eigenvalue weighted by molar-refractivity contribution is -0.384. The molecule has 0 spiro atoms. The van der Waals surface area contributed by atoms with Crippen molar-refractivity contribution in [1.29, 1.82) is 5.26 Å². The van der Waals surface area contributed by atoms with Crippen LogP contribution in [-0.4, -0.2) is 9.91 Å². The predicted molar refractivity (Wildman–Crippen MR) is 113 cm³/mol. The number of non-ortho nitro benzene ring substituents is 1. The molecule has 0 N–H and O–H groups in total. The standard InChI is InChI=1S/C22H19N3O2S/c1-4-20-21(19-10-14(2)8-9-15(19)3)24-22(28-20)17(13-23)11-16-6-5-7-18(12-16)25(26)27/h5-12H,4H2,1-3H3/b17-11+. The zero-order valence-electron chi connectivity index (χ0n) is 15.9. The second-order valence-corrected chi connectivity index (χ2v) is 7.57. The maximum atomic E-state index is 11.0. The maximum Gasteiger partial charge on any atom is 0.270 e. The number of aryl methyl sites for hydroxylation is 3. The van der Waals surface area contributed by atoms with Crippen LogP contribution in [0.5, 0.6) is 0 Å². The van der Waals surface area contributed by atoms with Crippen molar-refractivity contribution in [2.45, 2.75) is 27.2 Å². The molecule has 6 heteroatoms. The van der Waals surface area contributed by atoms with Crippen molar-refractivity contribution in [3.63, 3.8) is 0 Å². The lowest BCUT2D eigenvalue weighted by atomic mass is 10.0. The largest absolute Gasteiger partial charge is 0.270 e. The van der Waals surface area contributed by atoms with E-state index in [0.717, 1.165) is 33.7 Å². The highest BCUT2D eigenvalue weighted by Gasteiger charge is 2.17. The highest BCUT2D eigenvalue weighted by atomic mass is 32.1. The number of nitro groups is 1. The molecular weight excluding hydrogens is 370 g/mol. The van der Waals surface area contributed by atoms with Crippen LogP contribution in [0.1, 0.15) is 33.5 Å².